The zero-order chi connectivity index (χ0) is 20.1. The van der Waals surface area contributed by atoms with Gasteiger partial charge in [0.25, 0.3) is 0 Å². The molecule has 0 atom stereocenters. The molecular formula is C24H40N2OSi. The Morgan fingerprint density at radius 2 is 1.64 bits per heavy atom. The second kappa shape index (κ2) is 9.60. The number of H-pyrrole nitrogens is 1. The summed E-state index contributed by atoms with van der Waals surface area (Å²) in [5.41, 5.74) is 2.74. The van der Waals surface area contributed by atoms with Crippen LogP contribution in [0.4, 0.5) is 0 Å². The number of aromatic amines is 1. The largest absolute Gasteiger partial charge is 0.376 e. The van der Waals surface area contributed by atoms with E-state index in [-0.39, 0.29) is 0 Å². The molecule has 0 amide bonds. The molecule has 156 valence electrons. The van der Waals surface area contributed by atoms with Gasteiger partial charge < -0.3 is 14.6 Å². The second-order valence-corrected chi connectivity index (χ2v) is 14.2. The third-order valence-corrected chi connectivity index (χ3v) is 13.1. The van der Waals surface area contributed by atoms with Crippen molar-refractivity contribution in [1.29, 1.82) is 0 Å². The maximum Gasteiger partial charge on any atom is 0.107 e. The SMILES string of the molecule is CC[Si](CC)(CC)c1[nH]c2ccccc2c1COCC1CCC(N(C)C)CC1. The topological polar surface area (TPSA) is 28.3 Å². The number of aromatic nitrogens is 1. The predicted octanol–water partition coefficient (Wildman–Crippen LogP) is 5.52. The molecule has 3 rings (SSSR count). The molecular weight excluding hydrogens is 360 g/mol. The zero-order valence-electron chi connectivity index (χ0n) is 18.7. The van der Waals surface area contributed by atoms with Gasteiger partial charge in [0.2, 0.25) is 0 Å². The van der Waals surface area contributed by atoms with Crippen molar-refractivity contribution in [3.8, 4) is 0 Å². The molecule has 0 spiro atoms. The van der Waals surface area contributed by atoms with E-state index in [1.165, 1.54) is 60.3 Å². The lowest BCUT2D eigenvalue weighted by Crippen LogP contribution is -2.48. The molecule has 1 fully saturated rings. The van der Waals surface area contributed by atoms with Crippen LogP contribution in [0.1, 0.15) is 52.0 Å². The number of benzene rings is 1. The lowest BCUT2D eigenvalue weighted by molar-refractivity contribution is 0.0630. The molecule has 2 aromatic rings. The summed E-state index contributed by atoms with van der Waals surface area (Å²) in [5, 5.41) is 2.93. The molecule has 0 saturated heterocycles. The molecule has 0 aliphatic heterocycles. The molecule has 1 heterocycles. The van der Waals surface area contributed by atoms with Crippen LogP contribution in [0.25, 0.3) is 10.9 Å². The summed E-state index contributed by atoms with van der Waals surface area (Å²) >= 11 is 0. The highest BCUT2D eigenvalue weighted by Crippen LogP contribution is 2.29. The van der Waals surface area contributed by atoms with Gasteiger partial charge in [0, 0.05) is 34.4 Å². The quantitative estimate of drug-likeness (QED) is 0.561. The molecule has 28 heavy (non-hydrogen) atoms. The van der Waals surface area contributed by atoms with Crippen LogP contribution < -0.4 is 5.32 Å². The summed E-state index contributed by atoms with van der Waals surface area (Å²) < 4.78 is 6.38. The van der Waals surface area contributed by atoms with Gasteiger partial charge in [-0.15, -0.1) is 0 Å². The first kappa shape index (κ1) is 21.6. The van der Waals surface area contributed by atoms with Crippen LogP contribution in [0.3, 0.4) is 0 Å². The smallest absolute Gasteiger partial charge is 0.107 e. The fourth-order valence-electron chi connectivity index (χ4n) is 5.24. The normalized spacial score (nSPS) is 20.9. The van der Waals surface area contributed by atoms with Crippen LogP contribution in [-0.4, -0.2) is 44.7 Å². The number of para-hydroxylation sites is 1. The average molecular weight is 401 g/mol. The highest BCUT2D eigenvalue weighted by Gasteiger charge is 2.34. The third kappa shape index (κ3) is 4.39. The minimum Gasteiger partial charge on any atom is -0.376 e. The lowest BCUT2D eigenvalue weighted by Gasteiger charge is -2.32. The maximum atomic E-state index is 6.38. The molecule has 3 nitrogen and oxygen atoms in total. The zero-order valence-corrected chi connectivity index (χ0v) is 19.7. The standard InChI is InChI=1S/C24H40N2OSi/c1-6-28(7-2,8-3)24-22(21-11-9-10-12-23(21)25-24)18-27-17-19-13-15-20(16-14-19)26(4)5/h9-12,19-20,25H,6-8,13-18H2,1-5H3. The van der Waals surface area contributed by atoms with Gasteiger partial charge in [-0.3, -0.25) is 0 Å². The van der Waals surface area contributed by atoms with Crippen molar-refractivity contribution < 1.29 is 4.74 Å². The van der Waals surface area contributed by atoms with E-state index in [0.717, 1.165) is 25.2 Å². The Morgan fingerprint density at radius 1 is 1.00 bits per heavy atom. The van der Waals surface area contributed by atoms with E-state index >= 15 is 0 Å². The summed E-state index contributed by atoms with van der Waals surface area (Å²) in [7, 11) is 2.95. The Hall–Kier alpha value is -1.10. The first-order valence-corrected chi connectivity index (χ1v) is 14.0. The fraction of sp³-hybridized carbons (Fsp3) is 0.667. The van der Waals surface area contributed by atoms with Crippen LogP contribution in [-0.2, 0) is 11.3 Å². The molecule has 0 unspecified atom stereocenters. The molecule has 4 heteroatoms. The Morgan fingerprint density at radius 3 is 2.25 bits per heavy atom. The Labute approximate surface area is 172 Å². The van der Waals surface area contributed by atoms with Gasteiger partial charge >= 0.3 is 0 Å². The van der Waals surface area contributed by atoms with Crippen LogP contribution in [0.5, 0.6) is 0 Å². The second-order valence-electron chi connectivity index (χ2n) is 9.02. The predicted molar refractivity (Wildman–Crippen MR) is 124 cm³/mol. The van der Waals surface area contributed by atoms with E-state index in [1.807, 2.05) is 0 Å². The van der Waals surface area contributed by atoms with Crippen LogP contribution in [0.2, 0.25) is 18.1 Å². The fourth-order valence-corrected chi connectivity index (χ4v) is 9.05. The summed E-state index contributed by atoms with van der Waals surface area (Å²) in [4.78, 5) is 6.23. The minimum absolute atomic E-state index is 0.732. The number of rotatable bonds is 9. The molecule has 0 radical (unpaired) electrons. The number of ether oxygens (including phenoxy) is 1. The van der Waals surface area contributed by atoms with Crippen molar-refractivity contribution in [1.82, 2.24) is 9.88 Å². The summed E-state index contributed by atoms with van der Waals surface area (Å²) in [6.45, 7) is 8.84. The molecule has 1 aromatic heterocycles. The Bertz CT molecular complexity index is 734. The first-order valence-electron chi connectivity index (χ1n) is 11.4. The number of nitrogens with one attached hydrogen (secondary N) is 1. The first-order chi connectivity index (χ1) is 13.5. The van der Waals surface area contributed by atoms with Crippen molar-refractivity contribution in [2.75, 3.05) is 20.7 Å². The highest BCUT2D eigenvalue weighted by atomic mass is 28.3. The van der Waals surface area contributed by atoms with Crippen LogP contribution >= 0.6 is 0 Å². The highest BCUT2D eigenvalue weighted by molar-refractivity contribution is 6.91. The van der Waals surface area contributed by atoms with Gasteiger partial charge in [-0.1, -0.05) is 57.1 Å². The van der Waals surface area contributed by atoms with Gasteiger partial charge in [0.05, 0.1) is 6.61 Å². The summed E-state index contributed by atoms with van der Waals surface area (Å²) in [6.07, 6.45) is 5.25. The van der Waals surface area contributed by atoms with E-state index in [9.17, 15) is 0 Å². The number of nitrogens with zero attached hydrogens (tertiary/aromatic N) is 1. The van der Waals surface area contributed by atoms with Gasteiger partial charge in [-0.05, 0) is 51.8 Å². The molecule has 1 saturated carbocycles. The van der Waals surface area contributed by atoms with E-state index in [2.05, 4.69) is 69.0 Å². The van der Waals surface area contributed by atoms with Crippen molar-refractivity contribution >= 4 is 24.3 Å². The minimum atomic E-state index is -1.47. The summed E-state index contributed by atoms with van der Waals surface area (Å²) in [6, 6.07) is 13.5. The lowest BCUT2D eigenvalue weighted by atomic mass is 9.86. The van der Waals surface area contributed by atoms with Gasteiger partial charge in [0.15, 0.2) is 0 Å². The monoisotopic (exact) mass is 400 g/mol. The van der Waals surface area contributed by atoms with Gasteiger partial charge in [-0.2, -0.15) is 0 Å². The number of hydrogen-bond donors (Lipinski definition) is 1. The number of hydrogen-bond acceptors (Lipinski definition) is 2. The van der Waals surface area contributed by atoms with Crippen molar-refractivity contribution in [2.45, 2.75) is 77.2 Å². The van der Waals surface area contributed by atoms with E-state index in [4.69, 9.17) is 4.74 Å². The third-order valence-electron chi connectivity index (χ3n) is 7.52. The van der Waals surface area contributed by atoms with E-state index < -0.39 is 8.07 Å². The van der Waals surface area contributed by atoms with E-state index in [0.29, 0.717) is 0 Å². The van der Waals surface area contributed by atoms with Crippen molar-refractivity contribution in [3.63, 3.8) is 0 Å². The molecule has 1 aliphatic rings. The molecule has 1 aromatic carbocycles. The van der Waals surface area contributed by atoms with Gasteiger partial charge in [-0.25, -0.2) is 0 Å². The molecule has 1 aliphatic carbocycles. The van der Waals surface area contributed by atoms with Crippen molar-refractivity contribution in [3.05, 3.63) is 29.8 Å². The van der Waals surface area contributed by atoms with E-state index in [1.54, 1.807) is 5.32 Å². The molecule has 0 bridgehead atoms. The Balaban J connectivity index is 1.73. The maximum absolute atomic E-state index is 6.38. The van der Waals surface area contributed by atoms with Gasteiger partial charge in [0.1, 0.15) is 8.07 Å². The molecule has 1 N–H and O–H groups in total. The average Bonchev–Trinajstić information content (AvgIpc) is 3.09. The van der Waals surface area contributed by atoms with Crippen LogP contribution in [0.15, 0.2) is 24.3 Å². The van der Waals surface area contributed by atoms with Crippen molar-refractivity contribution in [2.24, 2.45) is 5.92 Å². The Kier molecular flexibility index (Phi) is 7.40. The number of fused-ring (bicyclic) bond motifs is 1. The van der Waals surface area contributed by atoms with Crippen LogP contribution in [0, 0.1) is 5.92 Å². The summed E-state index contributed by atoms with van der Waals surface area (Å²) in [5.74, 6) is 0.732.